The summed E-state index contributed by atoms with van der Waals surface area (Å²) in [4.78, 5) is 14.6. The predicted molar refractivity (Wildman–Crippen MR) is 103 cm³/mol. The van der Waals surface area contributed by atoms with Crippen LogP contribution in [0, 0.1) is 13.8 Å². The van der Waals surface area contributed by atoms with Crippen molar-refractivity contribution in [3.05, 3.63) is 41.2 Å². The average Bonchev–Trinajstić information content (AvgIpc) is 2.99. The Morgan fingerprint density at radius 2 is 2.12 bits per heavy atom. The number of aryl methyl sites for hydroxylation is 2. The summed E-state index contributed by atoms with van der Waals surface area (Å²) in [5.41, 5.74) is 4.30. The van der Waals surface area contributed by atoms with Crippen molar-refractivity contribution in [2.24, 2.45) is 0 Å². The van der Waals surface area contributed by atoms with E-state index in [-0.39, 0.29) is 11.9 Å². The molecule has 1 aliphatic heterocycles. The van der Waals surface area contributed by atoms with Crippen LogP contribution < -0.4 is 10.1 Å². The maximum atomic E-state index is 12.6. The van der Waals surface area contributed by atoms with Crippen molar-refractivity contribution in [3.8, 4) is 5.75 Å². The third kappa shape index (κ3) is 4.36. The highest BCUT2D eigenvalue weighted by Gasteiger charge is 2.23. The number of hydrogen-bond donors (Lipinski definition) is 2. The van der Waals surface area contributed by atoms with Gasteiger partial charge in [0.1, 0.15) is 5.75 Å². The normalized spacial score (nSPS) is 17.2. The number of H-pyrrole nitrogens is 1. The van der Waals surface area contributed by atoms with E-state index in [9.17, 15) is 4.79 Å². The smallest absolute Gasteiger partial charge is 0.223 e. The van der Waals surface area contributed by atoms with Crippen molar-refractivity contribution in [2.45, 2.75) is 45.6 Å². The van der Waals surface area contributed by atoms with Gasteiger partial charge >= 0.3 is 0 Å². The fraction of sp³-hybridized carbons (Fsp3) is 0.500. The molecule has 0 bridgehead atoms. The summed E-state index contributed by atoms with van der Waals surface area (Å²) in [6, 6.07) is 8.21. The number of carbonyl (C=O) groups excluding carboxylic acids is 1. The summed E-state index contributed by atoms with van der Waals surface area (Å²) < 4.78 is 5.19. The molecule has 0 unspecified atom stereocenters. The zero-order valence-electron chi connectivity index (χ0n) is 15.8. The van der Waals surface area contributed by atoms with Gasteiger partial charge in [-0.25, -0.2) is 0 Å². The van der Waals surface area contributed by atoms with Crippen molar-refractivity contribution in [3.63, 3.8) is 0 Å². The Morgan fingerprint density at radius 3 is 2.77 bits per heavy atom. The van der Waals surface area contributed by atoms with Gasteiger partial charge in [-0.05, 0) is 56.5 Å². The summed E-state index contributed by atoms with van der Waals surface area (Å²) >= 11 is 0. The van der Waals surface area contributed by atoms with Crippen LogP contribution in [-0.2, 0) is 11.2 Å². The predicted octanol–water partition coefficient (Wildman–Crippen LogP) is 3.07. The number of piperidine rings is 1. The van der Waals surface area contributed by atoms with Crippen LogP contribution in [0.2, 0.25) is 0 Å². The number of anilines is 1. The van der Waals surface area contributed by atoms with E-state index < -0.39 is 0 Å². The lowest BCUT2D eigenvalue weighted by atomic mass is 10.0. The molecular weight excluding hydrogens is 328 g/mol. The molecule has 6 nitrogen and oxygen atoms in total. The molecule has 1 aromatic heterocycles. The number of carbonyl (C=O) groups is 1. The van der Waals surface area contributed by atoms with Gasteiger partial charge in [0.15, 0.2) is 0 Å². The molecule has 3 rings (SSSR count). The van der Waals surface area contributed by atoms with Crippen LogP contribution in [0.25, 0.3) is 0 Å². The largest absolute Gasteiger partial charge is 0.497 e. The number of methoxy groups -OCH3 is 1. The zero-order chi connectivity index (χ0) is 18.5. The fourth-order valence-electron chi connectivity index (χ4n) is 3.41. The van der Waals surface area contributed by atoms with E-state index in [0.717, 1.165) is 54.3 Å². The van der Waals surface area contributed by atoms with Gasteiger partial charge in [-0.2, -0.15) is 5.10 Å². The molecule has 1 amide bonds. The zero-order valence-corrected chi connectivity index (χ0v) is 15.8. The van der Waals surface area contributed by atoms with Gasteiger partial charge in [0, 0.05) is 43.4 Å². The Morgan fingerprint density at radius 1 is 1.35 bits per heavy atom. The van der Waals surface area contributed by atoms with Gasteiger partial charge in [-0.3, -0.25) is 9.89 Å². The van der Waals surface area contributed by atoms with Crippen LogP contribution >= 0.6 is 0 Å². The van der Waals surface area contributed by atoms with E-state index in [1.807, 2.05) is 43.0 Å². The molecule has 1 aromatic carbocycles. The first-order valence-corrected chi connectivity index (χ1v) is 9.25. The monoisotopic (exact) mass is 356 g/mol. The molecule has 2 heterocycles. The molecule has 0 saturated carbocycles. The summed E-state index contributed by atoms with van der Waals surface area (Å²) in [5.74, 6) is 1.06. The molecule has 1 saturated heterocycles. The Hall–Kier alpha value is -2.50. The number of benzene rings is 1. The van der Waals surface area contributed by atoms with Crippen LogP contribution in [0.5, 0.6) is 5.75 Å². The molecule has 2 aromatic rings. The highest BCUT2D eigenvalue weighted by Crippen LogP contribution is 2.20. The van der Waals surface area contributed by atoms with E-state index in [0.29, 0.717) is 12.8 Å². The Balaban J connectivity index is 1.52. The van der Waals surface area contributed by atoms with E-state index in [1.165, 1.54) is 0 Å². The maximum absolute atomic E-state index is 12.6. The lowest BCUT2D eigenvalue weighted by Gasteiger charge is -2.33. The summed E-state index contributed by atoms with van der Waals surface area (Å²) in [7, 11) is 1.67. The van der Waals surface area contributed by atoms with E-state index >= 15 is 0 Å². The van der Waals surface area contributed by atoms with Crippen molar-refractivity contribution >= 4 is 11.6 Å². The van der Waals surface area contributed by atoms with Crippen molar-refractivity contribution in [2.75, 3.05) is 25.5 Å². The van der Waals surface area contributed by atoms with Crippen molar-refractivity contribution < 1.29 is 9.53 Å². The SMILES string of the molecule is COc1ccc(N[C@@H]2CCCN(C(=O)CCc3n[nH]c(C)c3C)C2)cc1. The van der Waals surface area contributed by atoms with E-state index in [2.05, 4.69) is 15.5 Å². The van der Waals surface area contributed by atoms with Gasteiger partial charge in [0.2, 0.25) is 5.91 Å². The minimum absolute atomic E-state index is 0.214. The second-order valence-electron chi connectivity index (χ2n) is 6.97. The van der Waals surface area contributed by atoms with Crippen LogP contribution in [0.4, 0.5) is 5.69 Å². The van der Waals surface area contributed by atoms with E-state index in [4.69, 9.17) is 4.74 Å². The summed E-state index contributed by atoms with van der Waals surface area (Å²) in [6.45, 7) is 5.66. The van der Waals surface area contributed by atoms with Gasteiger partial charge in [0.05, 0.1) is 12.8 Å². The molecule has 6 heteroatoms. The molecule has 0 spiro atoms. The van der Waals surface area contributed by atoms with Gasteiger partial charge < -0.3 is 15.0 Å². The highest BCUT2D eigenvalue weighted by molar-refractivity contribution is 5.76. The molecule has 1 fully saturated rings. The summed E-state index contributed by atoms with van der Waals surface area (Å²) in [6.07, 6.45) is 3.32. The number of nitrogens with one attached hydrogen (secondary N) is 2. The third-order valence-electron chi connectivity index (χ3n) is 5.16. The topological polar surface area (TPSA) is 70.2 Å². The number of ether oxygens (including phenoxy) is 1. The number of aromatic amines is 1. The number of aromatic nitrogens is 2. The van der Waals surface area contributed by atoms with Crippen molar-refractivity contribution in [1.82, 2.24) is 15.1 Å². The minimum atomic E-state index is 0.214. The maximum Gasteiger partial charge on any atom is 0.223 e. The molecule has 0 radical (unpaired) electrons. The van der Waals surface area contributed by atoms with E-state index in [1.54, 1.807) is 7.11 Å². The first kappa shape index (κ1) is 18.3. The second kappa shape index (κ2) is 8.25. The number of rotatable bonds is 6. The lowest BCUT2D eigenvalue weighted by Crippen LogP contribution is -2.45. The average molecular weight is 356 g/mol. The lowest BCUT2D eigenvalue weighted by molar-refractivity contribution is -0.132. The van der Waals surface area contributed by atoms with Crippen molar-refractivity contribution in [1.29, 1.82) is 0 Å². The van der Waals surface area contributed by atoms with Gasteiger partial charge in [0.25, 0.3) is 0 Å². The quantitative estimate of drug-likeness (QED) is 0.834. The number of nitrogens with zero attached hydrogens (tertiary/aromatic N) is 2. The number of hydrogen-bond acceptors (Lipinski definition) is 4. The molecule has 140 valence electrons. The van der Waals surface area contributed by atoms with Gasteiger partial charge in [-0.1, -0.05) is 0 Å². The standard InChI is InChI=1S/C20H28N4O2/c1-14-15(2)22-23-19(14)10-11-20(25)24-12-4-5-17(13-24)21-16-6-8-18(26-3)9-7-16/h6-9,17,21H,4-5,10-13H2,1-3H3,(H,22,23)/t17-/m1/s1. The molecule has 1 aliphatic rings. The Bertz CT molecular complexity index is 739. The summed E-state index contributed by atoms with van der Waals surface area (Å²) in [5, 5.41) is 10.8. The van der Waals surface area contributed by atoms with Crippen LogP contribution in [0.15, 0.2) is 24.3 Å². The minimum Gasteiger partial charge on any atom is -0.497 e. The Kier molecular flexibility index (Phi) is 5.81. The number of likely N-dealkylation sites (tertiary alicyclic amines) is 1. The molecular formula is C20H28N4O2. The molecule has 26 heavy (non-hydrogen) atoms. The first-order chi connectivity index (χ1) is 12.6. The highest BCUT2D eigenvalue weighted by atomic mass is 16.5. The van der Waals surface area contributed by atoms with Crippen LogP contribution in [0.1, 0.15) is 36.2 Å². The molecule has 2 N–H and O–H groups in total. The van der Waals surface area contributed by atoms with Crippen LogP contribution in [0.3, 0.4) is 0 Å². The first-order valence-electron chi connectivity index (χ1n) is 9.25. The number of amides is 1. The second-order valence-corrected chi connectivity index (χ2v) is 6.97. The van der Waals surface area contributed by atoms with Gasteiger partial charge in [-0.15, -0.1) is 0 Å². The fourth-order valence-corrected chi connectivity index (χ4v) is 3.41. The molecule has 1 atom stereocenters. The third-order valence-corrected chi connectivity index (χ3v) is 5.16. The molecule has 0 aliphatic carbocycles. The Labute approximate surface area is 154 Å². The van der Waals surface area contributed by atoms with Crippen LogP contribution in [-0.4, -0.2) is 47.2 Å².